The maximum Gasteiger partial charge on any atom is 0.255 e. The van der Waals surface area contributed by atoms with Gasteiger partial charge < -0.3 is 25.3 Å². The molecule has 2 aromatic carbocycles. The molecule has 0 saturated heterocycles. The highest BCUT2D eigenvalue weighted by molar-refractivity contribution is 6.05. The number of carbonyl (C=O) groups is 1. The number of fused-ring (bicyclic) bond motifs is 1. The molecule has 3 rings (SSSR count). The lowest BCUT2D eigenvalue weighted by molar-refractivity contribution is 0.102. The third-order valence-electron chi connectivity index (χ3n) is 3.36. The Morgan fingerprint density at radius 1 is 1.22 bits per heavy atom. The summed E-state index contributed by atoms with van der Waals surface area (Å²) in [5, 5.41) is 2.81. The quantitative estimate of drug-likeness (QED) is 0.829. The summed E-state index contributed by atoms with van der Waals surface area (Å²) in [6.07, 6.45) is 0.895. The summed E-state index contributed by atoms with van der Waals surface area (Å²) in [7, 11) is 0. The molecule has 6 heteroatoms. The van der Waals surface area contributed by atoms with Gasteiger partial charge in [-0.15, -0.1) is 0 Å². The maximum atomic E-state index is 12.3. The molecule has 0 spiro atoms. The van der Waals surface area contributed by atoms with Gasteiger partial charge in [0.25, 0.3) is 5.91 Å². The van der Waals surface area contributed by atoms with Gasteiger partial charge in [-0.25, -0.2) is 0 Å². The molecule has 0 aliphatic carbocycles. The van der Waals surface area contributed by atoms with Crippen molar-refractivity contribution in [3.8, 4) is 17.2 Å². The van der Waals surface area contributed by atoms with E-state index in [1.54, 1.807) is 36.4 Å². The van der Waals surface area contributed by atoms with E-state index in [0.717, 1.165) is 6.42 Å². The Balaban J connectivity index is 1.72. The number of ether oxygens (including phenoxy) is 3. The zero-order valence-corrected chi connectivity index (χ0v) is 12.8. The molecular formula is C17H18N2O4. The van der Waals surface area contributed by atoms with Crippen molar-refractivity contribution in [1.29, 1.82) is 0 Å². The van der Waals surface area contributed by atoms with Crippen molar-refractivity contribution in [3.63, 3.8) is 0 Å². The zero-order chi connectivity index (χ0) is 16.2. The zero-order valence-electron chi connectivity index (χ0n) is 12.8. The number of nitrogens with two attached hydrogens (primary N) is 1. The number of nitrogens with one attached hydrogen (secondary N) is 1. The van der Waals surface area contributed by atoms with Gasteiger partial charge in [-0.3, -0.25) is 4.79 Å². The second-order valence-corrected chi connectivity index (χ2v) is 5.12. The van der Waals surface area contributed by atoms with Crippen molar-refractivity contribution in [2.75, 3.05) is 24.5 Å². The van der Waals surface area contributed by atoms with E-state index < -0.39 is 0 Å². The highest BCUT2D eigenvalue weighted by atomic mass is 16.7. The van der Waals surface area contributed by atoms with E-state index in [1.807, 2.05) is 6.92 Å². The molecule has 120 valence electrons. The molecule has 6 nitrogen and oxygen atoms in total. The first kappa shape index (κ1) is 15.0. The van der Waals surface area contributed by atoms with Crippen LogP contribution in [0.3, 0.4) is 0 Å². The number of hydrogen-bond donors (Lipinski definition) is 2. The van der Waals surface area contributed by atoms with Crippen LogP contribution in [0.5, 0.6) is 17.2 Å². The molecule has 0 radical (unpaired) electrons. The van der Waals surface area contributed by atoms with Gasteiger partial charge in [-0.2, -0.15) is 0 Å². The van der Waals surface area contributed by atoms with Crippen molar-refractivity contribution in [2.45, 2.75) is 13.3 Å². The van der Waals surface area contributed by atoms with Crippen molar-refractivity contribution in [2.24, 2.45) is 0 Å². The maximum absolute atomic E-state index is 12.3. The van der Waals surface area contributed by atoms with Crippen LogP contribution >= 0.6 is 0 Å². The van der Waals surface area contributed by atoms with Crippen LogP contribution in [-0.4, -0.2) is 19.3 Å². The van der Waals surface area contributed by atoms with E-state index in [0.29, 0.717) is 40.8 Å². The normalized spacial score (nSPS) is 12.0. The van der Waals surface area contributed by atoms with Crippen LogP contribution in [0.25, 0.3) is 0 Å². The molecule has 2 aromatic rings. The number of nitrogen functional groups attached to an aromatic ring is 1. The number of hydrogen-bond acceptors (Lipinski definition) is 5. The largest absolute Gasteiger partial charge is 0.491 e. The third kappa shape index (κ3) is 3.31. The minimum Gasteiger partial charge on any atom is -0.491 e. The van der Waals surface area contributed by atoms with Crippen LogP contribution in [0.2, 0.25) is 0 Å². The van der Waals surface area contributed by atoms with Gasteiger partial charge in [-0.1, -0.05) is 6.92 Å². The predicted octanol–water partition coefficient (Wildman–Crippen LogP) is 3.04. The third-order valence-corrected chi connectivity index (χ3v) is 3.36. The smallest absolute Gasteiger partial charge is 0.255 e. The van der Waals surface area contributed by atoms with E-state index in [9.17, 15) is 4.79 Å². The van der Waals surface area contributed by atoms with Crippen LogP contribution in [0.15, 0.2) is 36.4 Å². The minimum absolute atomic E-state index is 0.197. The first-order chi connectivity index (χ1) is 11.2. The fourth-order valence-electron chi connectivity index (χ4n) is 2.21. The fourth-order valence-corrected chi connectivity index (χ4v) is 2.21. The molecule has 1 amide bonds. The highest BCUT2D eigenvalue weighted by Gasteiger charge is 2.15. The van der Waals surface area contributed by atoms with Gasteiger partial charge in [0.1, 0.15) is 5.75 Å². The molecule has 3 N–H and O–H groups in total. The van der Waals surface area contributed by atoms with Crippen LogP contribution in [0, 0.1) is 0 Å². The summed E-state index contributed by atoms with van der Waals surface area (Å²) in [5.74, 6) is 1.62. The van der Waals surface area contributed by atoms with Crippen molar-refractivity contribution in [3.05, 3.63) is 42.0 Å². The summed E-state index contributed by atoms with van der Waals surface area (Å²) < 4.78 is 16.0. The standard InChI is InChI=1S/C17H18N2O4/c1-2-7-21-14-5-3-11(8-13(14)18)17(20)19-12-4-6-15-16(9-12)23-10-22-15/h3-6,8-9H,2,7,10,18H2,1H3,(H,19,20). The molecule has 1 aliphatic rings. The lowest BCUT2D eigenvalue weighted by atomic mass is 10.1. The van der Waals surface area contributed by atoms with Gasteiger partial charge in [-0.05, 0) is 36.8 Å². The van der Waals surface area contributed by atoms with Gasteiger partial charge in [0, 0.05) is 17.3 Å². The number of amides is 1. The molecule has 0 unspecified atom stereocenters. The molecule has 0 fully saturated rings. The van der Waals surface area contributed by atoms with E-state index in [1.165, 1.54) is 0 Å². The number of rotatable bonds is 5. The minimum atomic E-state index is -0.252. The van der Waals surface area contributed by atoms with Crippen molar-refractivity contribution < 1.29 is 19.0 Å². The van der Waals surface area contributed by atoms with Gasteiger partial charge >= 0.3 is 0 Å². The summed E-state index contributed by atoms with van der Waals surface area (Å²) in [6, 6.07) is 10.2. The lowest BCUT2D eigenvalue weighted by Gasteiger charge is -2.10. The van der Waals surface area contributed by atoms with E-state index >= 15 is 0 Å². The summed E-state index contributed by atoms with van der Waals surface area (Å²) in [5.41, 5.74) is 7.46. The number of anilines is 2. The molecule has 1 heterocycles. The van der Waals surface area contributed by atoms with Gasteiger partial charge in [0.2, 0.25) is 6.79 Å². The van der Waals surface area contributed by atoms with E-state index in [2.05, 4.69) is 5.32 Å². The Kier molecular flexibility index (Phi) is 4.23. The monoisotopic (exact) mass is 314 g/mol. The number of carbonyl (C=O) groups excluding carboxylic acids is 1. The van der Waals surface area contributed by atoms with Crippen LogP contribution in [-0.2, 0) is 0 Å². The topological polar surface area (TPSA) is 82.8 Å². The molecule has 23 heavy (non-hydrogen) atoms. The van der Waals surface area contributed by atoms with Crippen LogP contribution in [0.1, 0.15) is 23.7 Å². The average molecular weight is 314 g/mol. The fraction of sp³-hybridized carbons (Fsp3) is 0.235. The Bertz CT molecular complexity index is 731. The average Bonchev–Trinajstić information content (AvgIpc) is 3.01. The summed E-state index contributed by atoms with van der Waals surface area (Å²) in [4.78, 5) is 12.3. The van der Waals surface area contributed by atoms with E-state index in [4.69, 9.17) is 19.9 Å². The lowest BCUT2D eigenvalue weighted by Crippen LogP contribution is -2.12. The molecular weight excluding hydrogens is 296 g/mol. The van der Waals surface area contributed by atoms with Crippen LogP contribution in [0.4, 0.5) is 11.4 Å². The SMILES string of the molecule is CCCOc1ccc(C(=O)Nc2ccc3c(c2)OCO3)cc1N. The van der Waals surface area contributed by atoms with Gasteiger partial charge in [0.15, 0.2) is 11.5 Å². The Hall–Kier alpha value is -2.89. The molecule has 0 saturated carbocycles. The summed E-state index contributed by atoms with van der Waals surface area (Å²) in [6.45, 7) is 2.80. The second kappa shape index (κ2) is 6.48. The van der Waals surface area contributed by atoms with Crippen molar-refractivity contribution in [1.82, 2.24) is 0 Å². The van der Waals surface area contributed by atoms with E-state index in [-0.39, 0.29) is 12.7 Å². The molecule has 0 atom stereocenters. The molecule has 0 bridgehead atoms. The first-order valence-electron chi connectivity index (χ1n) is 7.40. The predicted molar refractivity (Wildman–Crippen MR) is 87.2 cm³/mol. The van der Waals surface area contributed by atoms with Crippen molar-refractivity contribution >= 4 is 17.3 Å². The molecule has 1 aliphatic heterocycles. The first-order valence-corrected chi connectivity index (χ1v) is 7.40. The Labute approximate surface area is 134 Å². The van der Waals surface area contributed by atoms with Gasteiger partial charge in [0.05, 0.1) is 12.3 Å². The summed E-state index contributed by atoms with van der Waals surface area (Å²) >= 11 is 0. The molecule has 0 aromatic heterocycles. The highest BCUT2D eigenvalue weighted by Crippen LogP contribution is 2.34. The Morgan fingerprint density at radius 2 is 2.04 bits per heavy atom. The Morgan fingerprint density at radius 3 is 2.83 bits per heavy atom. The van der Waals surface area contributed by atoms with Crippen LogP contribution < -0.4 is 25.3 Å². The second-order valence-electron chi connectivity index (χ2n) is 5.12. The number of benzene rings is 2.